The number of hydrogen-bond donors (Lipinski definition) is 0. The molecule has 1 aromatic heterocycles. The molecule has 0 radical (unpaired) electrons. The summed E-state index contributed by atoms with van der Waals surface area (Å²) in [7, 11) is 0. The van der Waals surface area contributed by atoms with Crippen molar-refractivity contribution < 1.29 is 4.42 Å². The molecule has 0 saturated heterocycles. The average molecular weight is 673 g/mol. The third-order valence-electron chi connectivity index (χ3n) is 11.0. The zero-order valence-electron chi connectivity index (χ0n) is 28.9. The maximum absolute atomic E-state index is 6.88. The first-order valence-electron chi connectivity index (χ1n) is 18.3. The highest BCUT2D eigenvalue weighted by molar-refractivity contribution is 6.29. The molecule has 0 unspecified atom stereocenters. The minimum absolute atomic E-state index is 0.893. The van der Waals surface area contributed by atoms with Crippen LogP contribution in [0.3, 0.4) is 0 Å². The molecule has 0 aliphatic carbocycles. The van der Waals surface area contributed by atoms with E-state index in [1.165, 1.54) is 76.8 Å². The molecule has 11 rings (SSSR count). The van der Waals surface area contributed by atoms with Gasteiger partial charge in [0.1, 0.15) is 11.2 Å². The number of para-hydroxylation sites is 1. The third-order valence-corrected chi connectivity index (χ3v) is 11.0. The first-order chi connectivity index (χ1) is 26.3. The number of rotatable bonds is 5. The monoisotopic (exact) mass is 672 g/mol. The summed E-state index contributed by atoms with van der Waals surface area (Å²) in [5.74, 6) is 0. The lowest BCUT2D eigenvalue weighted by Gasteiger charge is -2.17. The van der Waals surface area contributed by atoms with Gasteiger partial charge >= 0.3 is 0 Å². The van der Waals surface area contributed by atoms with Crippen LogP contribution in [-0.4, -0.2) is 0 Å². The largest absolute Gasteiger partial charge is 0.455 e. The Morgan fingerprint density at radius 2 is 0.774 bits per heavy atom. The van der Waals surface area contributed by atoms with Gasteiger partial charge in [-0.2, -0.15) is 0 Å². The standard InChI is InChI=1S/C52H32O/c1-4-12-33(13-5-1)38-30-39(34-14-6-2-7-15-34)32-40(31-38)42-18-10-20-47-51-44(19-11-21-48(51)53-52(42)47)43-27-23-37-24-28-45-41(35-16-8-3-9-17-35)26-22-36-25-29-46(43)50(37)49(36)45/h1-32H. The SMILES string of the molecule is c1ccc(-c2cc(-c3ccccc3)cc(-c3cccc4c3oc3cccc(-c5ccc6ccc7c(-c8ccccc8)ccc8ccc5c6c87)c34)c2)cc1. The number of fused-ring (bicyclic) bond motifs is 3. The van der Waals surface area contributed by atoms with Crippen molar-refractivity contribution in [1.82, 2.24) is 0 Å². The van der Waals surface area contributed by atoms with E-state index in [-0.39, 0.29) is 0 Å². The Labute approximate surface area is 307 Å². The summed E-state index contributed by atoms with van der Waals surface area (Å²) in [6.07, 6.45) is 0. The van der Waals surface area contributed by atoms with Gasteiger partial charge in [-0.25, -0.2) is 0 Å². The molecular formula is C52H32O. The highest BCUT2D eigenvalue weighted by atomic mass is 16.3. The van der Waals surface area contributed by atoms with Crippen LogP contribution in [-0.2, 0) is 0 Å². The molecule has 0 spiro atoms. The Morgan fingerprint density at radius 3 is 1.42 bits per heavy atom. The fraction of sp³-hybridized carbons (Fsp3) is 0. The molecule has 0 N–H and O–H groups in total. The van der Waals surface area contributed by atoms with Gasteiger partial charge in [0.2, 0.25) is 0 Å². The van der Waals surface area contributed by atoms with Crippen LogP contribution < -0.4 is 0 Å². The van der Waals surface area contributed by atoms with Gasteiger partial charge in [0.25, 0.3) is 0 Å². The predicted molar refractivity (Wildman–Crippen MR) is 225 cm³/mol. The van der Waals surface area contributed by atoms with E-state index in [0.717, 1.165) is 33.1 Å². The summed E-state index contributed by atoms with van der Waals surface area (Å²) in [6, 6.07) is 70.3. The van der Waals surface area contributed by atoms with Crippen molar-refractivity contribution >= 4 is 54.3 Å². The summed E-state index contributed by atoms with van der Waals surface area (Å²) in [6.45, 7) is 0. The summed E-state index contributed by atoms with van der Waals surface area (Å²) >= 11 is 0. The van der Waals surface area contributed by atoms with Crippen molar-refractivity contribution in [3.63, 3.8) is 0 Å². The van der Waals surface area contributed by atoms with Crippen molar-refractivity contribution in [3.8, 4) is 55.6 Å². The second-order valence-electron chi connectivity index (χ2n) is 14.0. The number of furan rings is 1. The maximum atomic E-state index is 6.88. The summed E-state index contributed by atoms with van der Waals surface area (Å²) < 4.78 is 6.88. The smallest absolute Gasteiger partial charge is 0.143 e. The molecule has 1 nitrogen and oxygen atoms in total. The molecule has 53 heavy (non-hydrogen) atoms. The Hall–Kier alpha value is -6.96. The predicted octanol–water partition coefficient (Wildman–Crippen LogP) is 14.8. The van der Waals surface area contributed by atoms with E-state index < -0.39 is 0 Å². The molecule has 0 saturated carbocycles. The molecule has 1 heteroatoms. The van der Waals surface area contributed by atoms with Crippen molar-refractivity contribution in [2.75, 3.05) is 0 Å². The summed E-state index contributed by atoms with van der Waals surface area (Å²) in [4.78, 5) is 0. The number of benzene rings is 10. The van der Waals surface area contributed by atoms with Crippen LogP contribution in [0.15, 0.2) is 199 Å². The highest BCUT2D eigenvalue weighted by Gasteiger charge is 2.20. The second-order valence-corrected chi connectivity index (χ2v) is 14.0. The van der Waals surface area contributed by atoms with E-state index in [2.05, 4.69) is 194 Å². The van der Waals surface area contributed by atoms with Gasteiger partial charge in [0, 0.05) is 16.3 Å². The van der Waals surface area contributed by atoms with Gasteiger partial charge < -0.3 is 4.42 Å². The van der Waals surface area contributed by atoms with E-state index >= 15 is 0 Å². The molecule has 0 atom stereocenters. The lowest BCUT2D eigenvalue weighted by atomic mass is 9.86. The summed E-state index contributed by atoms with van der Waals surface area (Å²) in [5.41, 5.74) is 13.7. The first-order valence-corrected chi connectivity index (χ1v) is 18.3. The van der Waals surface area contributed by atoms with E-state index in [1.807, 2.05) is 0 Å². The Bertz CT molecular complexity index is 3080. The molecule has 0 aliphatic rings. The van der Waals surface area contributed by atoms with Crippen LogP contribution in [0.2, 0.25) is 0 Å². The van der Waals surface area contributed by atoms with Crippen LogP contribution in [0, 0.1) is 0 Å². The zero-order valence-corrected chi connectivity index (χ0v) is 28.9. The molecule has 0 amide bonds. The highest BCUT2D eigenvalue weighted by Crippen LogP contribution is 2.46. The maximum Gasteiger partial charge on any atom is 0.143 e. The second kappa shape index (κ2) is 11.8. The topological polar surface area (TPSA) is 13.1 Å². The molecule has 10 aromatic carbocycles. The van der Waals surface area contributed by atoms with Crippen LogP contribution in [0.25, 0.3) is 110 Å². The molecule has 0 fully saturated rings. The van der Waals surface area contributed by atoms with Crippen LogP contribution in [0.1, 0.15) is 0 Å². The van der Waals surface area contributed by atoms with Crippen LogP contribution in [0.5, 0.6) is 0 Å². The molecule has 0 aliphatic heterocycles. The van der Waals surface area contributed by atoms with Gasteiger partial charge in [-0.3, -0.25) is 0 Å². The Morgan fingerprint density at radius 1 is 0.264 bits per heavy atom. The van der Waals surface area contributed by atoms with Crippen molar-refractivity contribution in [1.29, 1.82) is 0 Å². The number of hydrogen-bond acceptors (Lipinski definition) is 1. The Kier molecular flexibility index (Phi) is 6.62. The van der Waals surface area contributed by atoms with Gasteiger partial charge in [-0.05, 0) is 107 Å². The minimum atomic E-state index is 0.893. The van der Waals surface area contributed by atoms with E-state index in [0.29, 0.717) is 0 Å². The van der Waals surface area contributed by atoms with Crippen LogP contribution >= 0.6 is 0 Å². The normalized spacial score (nSPS) is 11.8. The molecule has 11 aromatic rings. The average Bonchev–Trinajstić information content (AvgIpc) is 3.63. The Balaban J connectivity index is 1.14. The van der Waals surface area contributed by atoms with Crippen molar-refractivity contribution in [2.45, 2.75) is 0 Å². The van der Waals surface area contributed by atoms with Gasteiger partial charge in [0.15, 0.2) is 0 Å². The summed E-state index contributed by atoms with van der Waals surface area (Å²) in [5, 5.41) is 9.96. The fourth-order valence-electron chi connectivity index (χ4n) is 8.58. The third kappa shape index (κ3) is 4.71. The quantitative estimate of drug-likeness (QED) is 0.166. The first kappa shape index (κ1) is 29.7. The molecule has 0 bridgehead atoms. The van der Waals surface area contributed by atoms with Gasteiger partial charge in [0.05, 0.1) is 0 Å². The van der Waals surface area contributed by atoms with E-state index in [4.69, 9.17) is 4.42 Å². The molecular weight excluding hydrogens is 641 g/mol. The molecule has 1 heterocycles. The van der Waals surface area contributed by atoms with Crippen molar-refractivity contribution in [3.05, 3.63) is 194 Å². The van der Waals surface area contributed by atoms with Crippen molar-refractivity contribution in [2.24, 2.45) is 0 Å². The van der Waals surface area contributed by atoms with E-state index in [1.54, 1.807) is 0 Å². The van der Waals surface area contributed by atoms with Gasteiger partial charge in [-0.1, -0.05) is 170 Å². The van der Waals surface area contributed by atoms with E-state index in [9.17, 15) is 0 Å². The minimum Gasteiger partial charge on any atom is -0.455 e. The van der Waals surface area contributed by atoms with Crippen LogP contribution in [0.4, 0.5) is 0 Å². The fourth-order valence-corrected chi connectivity index (χ4v) is 8.58. The lowest BCUT2D eigenvalue weighted by Crippen LogP contribution is -1.89. The molecule has 246 valence electrons. The lowest BCUT2D eigenvalue weighted by molar-refractivity contribution is 0.670. The van der Waals surface area contributed by atoms with Gasteiger partial charge in [-0.15, -0.1) is 0 Å². The zero-order chi connectivity index (χ0) is 34.9.